The third-order valence-electron chi connectivity index (χ3n) is 5.35. The van der Waals surface area contributed by atoms with Crippen molar-refractivity contribution < 1.29 is 9.90 Å². The second kappa shape index (κ2) is 12.4. The van der Waals surface area contributed by atoms with Gasteiger partial charge in [-0.2, -0.15) is 5.26 Å². The molecule has 1 aliphatic rings. The number of aliphatic imine (C=N–C) groups is 1. The molecule has 1 amide bonds. The average molecular weight is 440 g/mol. The highest BCUT2D eigenvalue weighted by atomic mass is 16.3. The number of nitriles is 1. The van der Waals surface area contributed by atoms with Crippen LogP contribution in [0.2, 0.25) is 0 Å². The first-order chi connectivity index (χ1) is 15.2. The van der Waals surface area contributed by atoms with E-state index in [0.29, 0.717) is 25.4 Å². The molecule has 0 aromatic carbocycles. The van der Waals surface area contributed by atoms with Crippen molar-refractivity contribution >= 4 is 11.6 Å². The Morgan fingerprint density at radius 2 is 2.22 bits per heavy atom. The van der Waals surface area contributed by atoms with Crippen LogP contribution in [0.1, 0.15) is 82.5 Å². The number of hydrogen-bond donors (Lipinski definition) is 3. The van der Waals surface area contributed by atoms with Crippen molar-refractivity contribution in [2.45, 2.75) is 71.8 Å². The predicted octanol–water partition coefficient (Wildman–Crippen LogP) is 4.33. The number of hydrogen-bond acceptors (Lipinski definition) is 5. The number of amides is 1. The van der Waals surface area contributed by atoms with Crippen molar-refractivity contribution in [1.82, 2.24) is 15.3 Å². The van der Waals surface area contributed by atoms with Gasteiger partial charge in [-0.25, -0.2) is 4.98 Å². The normalized spacial score (nSPS) is 16.2. The molecule has 1 aromatic heterocycles. The minimum absolute atomic E-state index is 0.118. The molecule has 1 unspecified atom stereocenters. The topological polar surface area (TPSA) is 114 Å². The quantitative estimate of drug-likeness (QED) is 0.352. The fourth-order valence-electron chi connectivity index (χ4n) is 3.95. The molecule has 1 heterocycles. The van der Waals surface area contributed by atoms with Gasteiger partial charge in [-0.05, 0) is 64.4 Å². The predicted molar refractivity (Wildman–Crippen MR) is 127 cm³/mol. The number of allylic oxidation sites excluding steroid dienone is 2. The van der Waals surface area contributed by atoms with Crippen LogP contribution in [-0.2, 0) is 0 Å². The lowest BCUT2D eigenvalue weighted by atomic mass is 9.83. The van der Waals surface area contributed by atoms with E-state index in [1.165, 1.54) is 24.6 Å². The van der Waals surface area contributed by atoms with E-state index in [1.54, 1.807) is 0 Å². The Morgan fingerprint density at radius 1 is 1.44 bits per heavy atom. The van der Waals surface area contributed by atoms with Gasteiger partial charge in [0.15, 0.2) is 5.82 Å². The molecule has 174 valence electrons. The number of imidazole rings is 1. The number of nitrogens with one attached hydrogen (secondary N) is 2. The van der Waals surface area contributed by atoms with E-state index in [2.05, 4.69) is 35.2 Å². The maximum atomic E-state index is 12.2. The molecule has 0 fully saturated rings. The van der Waals surface area contributed by atoms with Crippen molar-refractivity contribution in [3.8, 4) is 6.07 Å². The number of carbonyl (C=O) groups is 1. The van der Waals surface area contributed by atoms with Gasteiger partial charge in [0.1, 0.15) is 11.8 Å². The molecule has 0 aliphatic heterocycles. The highest BCUT2D eigenvalue weighted by Crippen LogP contribution is 2.25. The van der Waals surface area contributed by atoms with Gasteiger partial charge in [0.25, 0.3) is 5.91 Å². The van der Waals surface area contributed by atoms with Crippen LogP contribution in [0.5, 0.6) is 0 Å². The van der Waals surface area contributed by atoms with Crippen molar-refractivity contribution in [3.05, 3.63) is 41.5 Å². The minimum Gasteiger partial charge on any atom is -0.390 e. The molecule has 3 N–H and O–H groups in total. The summed E-state index contributed by atoms with van der Waals surface area (Å²) in [5.74, 6) is 0.363. The second-order valence-corrected chi connectivity index (χ2v) is 9.56. The van der Waals surface area contributed by atoms with E-state index in [1.807, 2.05) is 32.1 Å². The fourth-order valence-corrected chi connectivity index (χ4v) is 3.95. The van der Waals surface area contributed by atoms with Gasteiger partial charge >= 0.3 is 0 Å². The van der Waals surface area contributed by atoms with Crippen LogP contribution in [-0.4, -0.2) is 45.4 Å². The Morgan fingerprint density at radius 3 is 2.81 bits per heavy atom. The Balaban J connectivity index is 2.11. The highest BCUT2D eigenvalue weighted by molar-refractivity contribution is 5.97. The molecule has 0 bridgehead atoms. The zero-order chi connectivity index (χ0) is 23.6. The number of aromatic amines is 1. The molecule has 2 rings (SSSR count). The minimum atomic E-state index is -0.787. The molecule has 7 heteroatoms. The molecule has 1 aliphatic carbocycles. The van der Waals surface area contributed by atoms with Crippen LogP contribution in [0.15, 0.2) is 35.0 Å². The molecule has 7 nitrogen and oxygen atoms in total. The molecule has 32 heavy (non-hydrogen) atoms. The number of nitrogens with zero attached hydrogens (tertiary/aromatic N) is 3. The van der Waals surface area contributed by atoms with Gasteiger partial charge in [-0.1, -0.05) is 31.6 Å². The fraction of sp³-hybridized carbons (Fsp3) is 0.600. The largest absolute Gasteiger partial charge is 0.390 e. The van der Waals surface area contributed by atoms with Gasteiger partial charge in [-0.3, -0.25) is 9.79 Å². The maximum absolute atomic E-state index is 12.2. The maximum Gasteiger partial charge on any atom is 0.287 e. The smallest absolute Gasteiger partial charge is 0.287 e. The third-order valence-corrected chi connectivity index (χ3v) is 5.35. The first kappa shape index (κ1) is 25.5. The van der Waals surface area contributed by atoms with Crippen LogP contribution in [0.25, 0.3) is 0 Å². The Labute approximate surface area is 191 Å². The number of aliphatic hydroxyl groups is 1. The van der Waals surface area contributed by atoms with E-state index < -0.39 is 5.60 Å². The summed E-state index contributed by atoms with van der Waals surface area (Å²) in [6.45, 7) is 9.05. The van der Waals surface area contributed by atoms with Crippen molar-refractivity contribution in [3.63, 3.8) is 0 Å². The van der Waals surface area contributed by atoms with E-state index in [0.717, 1.165) is 25.0 Å². The van der Waals surface area contributed by atoms with Crippen molar-refractivity contribution in [1.29, 1.82) is 5.26 Å². The van der Waals surface area contributed by atoms with Crippen LogP contribution >= 0.6 is 0 Å². The molecule has 0 saturated heterocycles. The van der Waals surface area contributed by atoms with Crippen molar-refractivity contribution in [2.75, 3.05) is 13.1 Å². The molecule has 1 aromatic rings. The lowest BCUT2D eigenvalue weighted by Crippen LogP contribution is -2.29. The number of rotatable bonds is 11. The average Bonchev–Trinajstić information content (AvgIpc) is 3.21. The van der Waals surface area contributed by atoms with Gasteiger partial charge in [0.05, 0.1) is 18.3 Å². The van der Waals surface area contributed by atoms with E-state index in [4.69, 9.17) is 10.3 Å². The summed E-state index contributed by atoms with van der Waals surface area (Å²) in [6, 6.07) is 1.92. The lowest BCUT2D eigenvalue weighted by molar-refractivity contribution is 0.0590. The number of H-pyrrole nitrogens is 1. The summed E-state index contributed by atoms with van der Waals surface area (Å²) in [5, 5.41) is 22.1. The molecule has 1 atom stereocenters. The first-order valence-electron chi connectivity index (χ1n) is 11.5. The Hall–Kier alpha value is -2.72. The Bertz CT molecular complexity index is 881. The molecular weight excluding hydrogens is 402 g/mol. The van der Waals surface area contributed by atoms with Gasteiger partial charge in [-0.15, -0.1) is 0 Å². The first-order valence-corrected chi connectivity index (χ1v) is 11.5. The highest BCUT2D eigenvalue weighted by Gasteiger charge is 2.24. The summed E-state index contributed by atoms with van der Waals surface area (Å²) in [6.07, 6.45) is 13.8. The SMILES string of the molecule is CC(C)CC(CC(C)(C)O)C(/C=C\CNC(=O)c1ncc(C#N)[nH]1)=NCC1=CCCCC1. The second-order valence-electron chi connectivity index (χ2n) is 9.56. The summed E-state index contributed by atoms with van der Waals surface area (Å²) >= 11 is 0. The van der Waals surface area contributed by atoms with Gasteiger partial charge in [0.2, 0.25) is 0 Å². The van der Waals surface area contributed by atoms with E-state index in [9.17, 15) is 9.90 Å². The molecule has 0 spiro atoms. The Kier molecular flexibility index (Phi) is 9.86. The van der Waals surface area contributed by atoms with Gasteiger partial charge < -0.3 is 15.4 Å². The number of carbonyl (C=O) groups excluding carboxylic acids is 1. The van der Waals surface area contributed by atoms with Gasteiger partial charge in [0, 0.05) is 18.2 Å². The van der Waals surface area contributed by atoms with Crippen molar-refractivity contribution in [2.24, 2.45) is 16.8 Å². The summed E-state index contributed by atoms with van der Waals surface area (Å²) in [7, 11) is 0. The lowest BCUT2D eigenvalue weighted by Gasteiger charge is -2.27. The standard InChI is InChI=1S/C25H37N5O2/c1-18(2)13-20(14-25(3,4)32)22(28-16-19-9-6-5-7-10-19)11-8-12-27-24(31)23-29-17-21(15-26)30-23/h8-9,11,17-18,20,32H,5-7,10,12-14,16H2,1-4H3,(H,27,31)(H,29,30)/b11-8-,28-22?. The van der Waals surface area contributed by atoms with E-state index in [-0.39, 0.29) is 23.3 Å². The van der Waals surface area contributed by atoms with Crippen LogP contribution < -0.4 is 5.32 Å². The van der Waals surface area contributed by atoms with E-state index >= 15 is 0 Å². The summed E-state index contributed by atoms with van der Waals surface area (Å²) < 4.78 is 0. The van der Waals surface area contributed by atoms with Crippen LogP contribution in [0.4, 0.5) is 0 Å². The molecular formula is C25H37N5O2. The molecule has 0 radical (unpaired) electrons. The van der Waals surface area contributed by atoms with Crippen LogP contribution in [0, 0.1) is 23.2 Å². The summed E-state index contributed by atoms with van der Waals surface area (Å²) in [4.78, 5) is 23.7. The third kappa shape index (κ3) is 9.19. The monoisotopic (exact) mass is 439 g/mol. The zero-order valence-corrected chi connectivity index (χ0v) is 19.8. The summed E-state index contributed by atoms with van der Waals surface area (Å²) in [5.41, 5.74) is 1.81. The number of aromatic nitrogens is 2. The molecule has 0 saturated carbocycles. The van der Waals surface area contributed by atoms with Crippen LogP contribution in [0.3, 0.4) is 0 Å². The zero-order valence-electron chi connectivity index (χ0n) is 19.8.